The number of benzene rings is 3. The maximum absolute atomic E-state index is 14.1. The SMILES string of the molecule is [C-]#[N+]c1ccc2c(c1)oc1c(-c3cc(F)cc[n+]3C)c(C)cc(-c3ccccc3)c12. The van der Waals surface area contributed by atoms with Crippen LogP contribution in [0.3, 0.4) is 0 Å². The standard InChI is InChI=1S/C26H18FN2O/c1-16-13-21(17-7-5-4-6-8-17)25-20-10-9-19(28-2)15-23(20)30-26(25)24(16)22-14-18(27)11-12-29(22)3/h4-15H,1,3H3/q+1. The van der Waals surface area contributed by atoms with Crippen LogP contribution in [-0.2, 0) is 7.05 Å². The Balaban J connectivity index is 1.97. The largest absolute Gasteiger partial charge is 0.456 e. The van der Waals surface area contributed by atoms with E-state index in [9.17, 15) is 4.39 Å². The summed E-state index contributed by atoms with van der Waals surface area (Å²) in [6, 6.07) is 20.8. The molecule has 0 aliphatic carbocycles. The van der Waals surface area contributed by atoms with Gasteiger partial charge in [0.25, 0.3) is 0 Å². The molecule has 0 spiro atoms. The maximum Gasteiger partial charge on any atom is 0.219 e. The number of hydrogen-bond acceptors (Lipinski definition) is 1. The number of hydrogen-bond donors (Lipinski definition) is 0. The zero-order valence-corrected chi connectivity index (χ0v) is 16.6. The molecule has 0 saturated carbocycles. The van der Waals surface area contributed by atoms with Gasteiger partial charge in [-0.3, -0.25) is 0 Å². The van der Waals surface area contributed by atoms with Crippen LogP contribution in [0.1, 0.15) is 5.56 Å². The Labute approximate surface area is 173 Å². The molecule has 3 nitrogen and oxygen atoms in total. The van der Waals surface area contributed by atoms with E-state index in [4.69, 9.17) is 11.0 Å². The van der Waals surface area contributed by atoms with Crippen molar-refractivity contribution in [1.29, 1.82) is 0 Å². The fraction of sp³-hybridized carbons (Fsp3) is 0.0769. The monoisotopic (exact) mass is 393 g/mol. The minimum atomic E-state index is -0.297. The van der Waals surface area contributed by atoms with Gasteiger partial charge in [-0.1, -0.05) is 42.5 Å². The molecule has 144 valence electrons. The summed E-state index contributed by atoms with van der Waals surface area (Å²) in [6.45, 7) is 9.35. The van der Waals surface area contributed by atoms with E-state index in [0.29, 0.717) is 16.9 Å². The van der Waals surface area contributed by atoms with Crippen molar-refractivity contribution in [1.82, 2.24) is 0 Å². The molecule has 0 saturated heterocycles. The molecular weight excluding hydrogens is 375 g/mol. The second-order valence-electron chi connectivity index (χ2n) is 7.42. The van der Waals surface area contributed by atoms with Crippen molar-refractivity contribution in [3.63, 3.8) is 0 Å². The predicted octanol–water partition coefficient (Wildman–Crippen LogP) is 6.74. The Kier molecular flexibility index (Phi) is 4.11. The van der Waals surface area contributed by atoms with Gasteiger partial charge < -0.3 is 4.42 Å². The summed E-state index contributed by atoms with van der Waals surface area (Å²) < 4.78 is 22.4. The van der Waals surface area contributed by atoms with Crippen molar-refractivity contribution in [3.8, 4) is 22.4 Å². The van der Waals surface area contributed by atoms with Crippen LogP contribution in [0.2, 0.25) is 0 Å². The fourth-order valence-electron chi connectivity index (χ4n) is 4.09. The third-order valence-corrected chi connectivity index (χ3v) is 5.51. The number of rotatable bonds is 2. The highest BCUT2D eigenvalue weighted by molar-refractivity contribution is 6.16. The third kappa shape index (κ3) is 2.75. The van der Waals surface area contributed by atoms with E-state index in [1.54, 1.807) is 18.3 Å². The predicted molar refractivity (Wildman–Crippen MR) is 117 cm³/mol. The number of aromatic nitrogens is 1. The summed E-state index contributed by atoms with van der Waals surface area (Å²) in [4.78, 5) is 3.53. The van der Waals surface area contributed by atoms with Crippen molar-refractivity contribution >= 4 is 27.6 Å². The number of furan rings is 1. The normalized spacial score (nSPS) is 11.1. The first-order chi connectivity index (χ1) is 14.6. The highest BCUT2D eigenvalue weighted by atomic mass is 19.1. The van der Waals surface area contributed by atoms with E-state index in [0.717, 1.165) is 38.7 Å². The van der Waals surface area contributed by atoms with Gasteiger partial charge in [-0.2, -0.15) is 0 Å². The molecule has 0 aliphatic rings. The first-order valence-corrected chi connectivity index (χ1v) is 9.65. The summed E-state index contributed by atoms with van der Waals surface area (Å²) in [7, 11) is 1.89. The summed E-state index contributed by atoms with van der Waals surface area (Å²) in [5, 5.41) is 1.91. The van der Waals surface area contributed by atoms with Crippen LogP contribution >= 0.6 is 0 Å². The van der Waals surface area contributed by atoms with Crippen molar-refractivity contribution in [2.24, 2.45) is 7.05 Å². The van der Waals surface area contributed by atoms with Gasteiger partial charge in [-0.15, -0.1) is 0 Å². The van der Waals surface area contributed by atoms with E-state index in [-0.39, 0.29) is 5.82 Å². The molecule has 0 radical (unpaired) electrons. The molecule has 4 heteroatoms. The molecule has 0 atom stereocenters. The molecule has 5 aromatic rings. The van der Waals surface area contributed by atoms with Gasteiger partial charge in [0.15, 0.2) is 11.9 Å². The van der Waals surface area contributed by atoms with Crippen LogP contribution < -0.4 is 4.57 Å². The van der Waals surface area contributed by atoms with Gasteiger partial charge in [0.05, 0.1) is 12.1 Å². The lowest BCUT2D eigenvalue weighted by Crippen LogP contribution is -2.30. The van der Waals surface area contributed by atoms with E-state index >= 15 is 0 Å². The molecule has 0 N–H and O–H groups in total. The molecule has 0 amide bonds. The van der Waals surface area contributed by atoms with E-state index < -0.39 is 0 Å². The summed E-state index contributed by atoms with van der Waals surface area (Å²) >= 11 is 0. The molecular formula is C26H18FN2O+. The number of nitrogens with zero attached hydrogens (tertiary/aromatic N) is 2. The van der Waals surface area contributed by atoms with Gasteiger partial charge in [-0.25, -0.2) is 13.8 Å². The Morgan fingerprint density at radius 1 is 1.00 bits per heavy atom. The van der Waals surface area contributed by atoms with Gasteiger partial charge in [0, 0.05) is 22.9 Å². The minimum absolute atomic E-state index is 0.297. The van der Waals surface area contributed by atoms with Crippen molar-refractivity contribution in [3.05, 3.63) is 95.7 Å². The van der Waals surface area contributed by atoms with Crippen LogP contribution in [0, 0.1) is 19.3 Å². The summed E-state index contributed by atoms with van der Waals surface area (Å²) in [5.41, 5.74) is 6.60. The van der Waals surface area contributed by atoms with Crippen LogP contribution in [0.25, 0.3) is 49.2 Å². The average Bonchev–Trinajstić information content (AvgIpc) is 3.14. The fourth-order valence-corrected chi connectivity index (χ4v) is 4.09. The molecule has 0 bridgehead atoms. The van der Waals surface area contributed by atoms with E-state index in [1.165, 1.54) is 12.1 Å². The van der Waals surface area contributed by atoms with Gasteiger partial charge >= 0.3 is 0 Å². The lowest BCUT2D eigenvalue weighted by atomic mass is 9.92. The molecule has 2 heterocycles. The molecule has 0 fully saturated rings. The Hall–Kier alpha value is -3.97. The third-order valence-electron chi connectivity index (χ3n) is 5.51. The molecule has 0 unspecified atom stereocenters. The van der Waals surface area contributed by atoms with E-state index in [2.05, 4.69) is 23.0 Å². The average molecular weight is 393 g/mol. The quantitative estimate of drug-likeness (QED) is 0.240. The maximum atomic E-state index is 14.1. The van der Waals surface area contributed by atoms with Crippen molar-refractivity contribution in [2.75, 3.05) is 0 Å². The van der Waals surface area contributed by atoms with Gasteiger partial charge in [0.2, 0.25) is 5.69 Å². The van der Waals surface area contributed by atoms with Gasteiger partial charge in [-0.05, 0) is 35.7 Å². The molecule has 0 aliphatic heterocycles. The van der Waals surface area contributed by atoms with Crippen LogP contribution in [0.5, 0.6) is 0 Å². The van der Waals surface area contributed by atoms with Crippen LogP contribution in [0.4, 0.5) is 10.1 Å². The lowest BCUT2D eigenvalue weighted by molar-refractivity contribution is -0.660. The second kappa shape index (κ2) is 6.82. The number of fused-ring (bicyclic) bond motifs is 3. The van der Waals surface area contributed by atoms with Crippen molar-refractivity contribution in [2.45, 2.75) is 6.92 Å². The summed E-state index contributed by atoms with van der Waals surface area (Å²) in [5.74, 6) is -0.297. The number of aryl methyl sites for hydroxylation is 2. The highest BCUT2D eigenvalue weighted by Gasteiger charge is 2.24. The Morgan fingerprint density at radius 3 is 2.57 bits per heavy atom. The molecule has 2 aromatic heterocycles. The van der Waals surface area contributed by atoms with E-state index in [1.807, 2.05) is 42.8 Å². The van der Waals surface area contributed by atoms with Crippen LogP contribution in [-0.4, -0.2) is 0 Å². The van der Waals surface area contributed by atoms with Crippen molar-refractivity contribution < 1.29 is 13.4 Å². The second-order valence-corrected chi connectivity index (χ2v) is 7.42. The number of halogens is 1. The number of pyridine rings is 1. The zero-order chi connectivity index (χ0) is 20.8. The lowest BCUT2D eigenvalue weighted by Gasteiger charge is -2.11. The molecule has 30 heavy (non-hydrogen) atoms. The minimum Gasteiger partial charge on any atom is -0.456 e. The first-order valence-electron chi connectivity index (χ1n) is 9.65. The zero-order valence-electron chi connectivity index (χ0n) is 16.6. The highest BCUT2D eigenvalue weighted by Crippen LogP contribution is 2.43. The van der Waals surface area contributed by atoms with Crippen LogP contribution in [0.15, 0.2) is 77.3 Å². The topological polar surface area (TPSA) is 21.4 Å². The molecule has 3 aromatic carbocycles. The first kappa shape index (κ1) is 18.1. The Morgan fingerprint density at radius 2 is 1.80 bits per heavy atom. The Bertz CT molecular complexity index is 1480. The smallest absolute Gasteiger partial charge is 0.219 e. The molecule has 5 rings (SSSR count). The summed E-state index contributed by atoms with van der Waals surface area (Å²) in [6.07, 6.45) is 1.71. The van der Waals surface area contributed by atoms with Gasteiger partial charge in [0.1, 0.15) is 24.0 Å².